The number of hydrogen-bond acceptors (Lipinski definition) is 4. The third-order valence-corrected chi connectivity index (χ3v) is 3.47. The van der Waals surface area contributed by atoms with Crippen LogP contribution in [0, 0.1) is 0 Å². The van der Waals surface area contributed by atoms with Crippen LogP contribution in [0.2, 0.25) is 0 Å². The van der Waals surface area contributed by atoms with E-state index in [9.17, 15) is 5.11 Å². The number of rotatable bonds is 8. The molecule has 4 heteroatoms. The van der Waals surface area contributed by atoms with Crippen molar-refractivity contribution in [1.29, 1.82) is 0 Å². The lowest BCUT2D eigenvalue weighted by molar-refractivity contribution is 0.175. The Morgan fingerprint density at radius 1 is 1.37 bits per heavy atom. The first-order chi connectivity index (χ1) is 9.13. The number of hydrogen-bond donors (Lipinski definition) is 2. The largest absolute Gasteiger partial charge is 0.496 e. The van der Waals surface area contributed by atoms with Crippen LogP contribution in [-0.2, 0) is 0 Å². The average Bonchev–Trinajstić information content (AvgIpc) is 2.45. The van der Waals surface area contributed by atoms with Crippen LogP contribution in [0.15, 0.2) is 24.3 Å². The number of para-hydroxylation sites is 1. The summed E-state index contributed by atoms with van der Waals surface area (Å²) in [5, 5.41) is 12.6. The first-order valence-electron chi connectivity index (χ1n) is 6.81. The smallest absolute Gasteiger partial charge is 0.123 e. The fourth-order valence-corrected chi connectivity index (χ4v) is 2.23. The highest BCUT2D eigenvalue weighted by Crippen LogP contribution is 2.27. The van der Waals surface area contributed by atoms with E-state index >= 15 is 0 Å². The molecular weight excluding hydrogens is 240 g/mol. The molecule has 1 rings (SSSR count). The van der Waals surface area contributed by atoms with E-state index in [0.29, 0.717) is 0 Å². The maximum atomic E-state index is 9.35. The normalized spacial score (nSPS) is 14.4. The average molecular weight is 266 g/mol. The second-order valence-corrected chi connectivity index (χ2v) is 4.79. The first-order valence-corrected chi connectivity index (χ1v) is 6.81. The molecule has 0 saturated heterocycles. The molecule has 108 valence electrons. The Labute approximate surface area is 116 Å². The number of aliphatic hydroxyl groups excluding tert-OH is 1. The van der Waals surface area contributed by atoms with Gasteiger partial charge < -0.3 is 15.2 Å². The number of methoxy groups -OCH3 is 1. The van der Waals surface area contributed by atoms with Crippen LogP contribution < -0.4 is 10.1 Å². The second kappa shape index (κ2) is 8.15. The standard InChI is InChI=1S/C15H26N2O2/c1-5-16-13(11-18)10-17(3)12(2)14-8-6-7-9-15(14)19-4/h6-9,12-13,16,18H,5,10-11H2,1-4H3/t12-,13-/m0/s1. The molecule has 2 atom stereocenters. The third kappa shape index (κ3) is 4.49. The van der Waals surface area contributed by atoms with Gasteiger partial charge in [0.1, 0.15) is 5.75 Å². The molecule has 1 aromatic rings. The molecule has 0 unspecified atom stereocenters. The Balaban J connectivity index is 2.72. The Hall–Kier alpha value is -1.10. The minimum atomic E-state index is 0.104. The Kier molecular flexibility index (Phi) is 6.84. The van der Waals surface area contributed by atoms with Gasteiger partial charge >= 0.3 is 0 Å². The van der Waals surface area contributed by atoms with Crippen molar-refractivity contribution in [2.45, 2.75) is 25.9 Å². The summed E-state index contributed by atoms with van der Waals surface area (Å²) in [6.07, 6.45) is 0. The van der Waals surface area contributed by atoms with Crippen molar-refractivity contribution in [2.75, 3.05) is 33.9 Å². The minimum Gasteiger partial charge on any atom is -0.496 e. The Morgan fingerprint density at radius 3 is 2.63 bits per heavy atom. The van der Waals surface area contributed by atoms with E-state index in [1.807, 2.05) is 25.1 Å². The highest BCUT2D eigenvalue weighted by molar-refractivity contribution is 5.35. The maximum absolute atomic E-state index is 9.35. The van der Waals surface area contributed by atoms with Crippen LogP contribution in [0.25, 0.3) is 0 Å². The SMILES string of the molecule is CCN[C@H](CO)CN(C)[C@@H](C)c1ccccc1OC. The molecule has 0 bridgehead atoms. The zero-order chi connectivity index (χ0) is 14.3. The minimum absolute atomic E-state index is 0.104. The van der Waals surface area contributed by atoms with E-state index in [1.54, 1.807) is 7.11 Å². The fourth-order valence-electron chi connectivity index (χ4n) is 2.23. The molecule has 2 N–H and O–H groups in total. The highest BCUT2D eigenvalue weighted by atomic mass is 16.5. The molecule has 0 aliphatic carbocycles. The molecule has 0 aliphatic rings. The van der Waals surface area contributed by atoms with E-state index < -0.39 is 0 Å². The molecule has 1 aromatic carbocycles. The number of nitrogens with one attached hydrogen (secondary N) is 1. The summed E-state index contributed by atoms with van der Waals surface area (Å²) in [4.78, 5) is 2.22. The van der Waals surface area contributed by atoms with Gasteiger partial charge in [0.25, 0.3) is 0 Å². The van der Waals surface area contributed by atoms with Gasteiger partial charge in [-0.05, 0) is 26.6 Å². The van der Waals surface area contributed by atoms with Crippen LogP contribution in [0.1, 0.15) is 25.5 Å². The number of nitrogens with zero attached hydrogens (tertiary/aromatic N) is 1. The van der Waals surface area contributed by atoms with Crippen molar-refractivity contribution in [1.82, 2.24) is 10.2 Å². The summed E-state index contributed by atoms with van der Waals surface area (Å²) < 4.78 is 5.40. The van der Waals surface area contributed by atoms with Crippen molar-refractivity contribution in [3.8, 4) is 5.75 Å². The molecule has 0 saturated carbocycles. The van der Waals surface area contributed by atoms with Crippen molar-refractivity contribution >= 4 is 0 Å². The molecule has 0 aliphatic heterocycles. The summed E-state index contributed by atoms with van der Waals surface area (Å²) in [5.41, 5.74) is 1.17. The molecule has 0 fully saturated rings. The molecule has 0 aromatic heterocycles. The zero-order valence-corrected chi connectivity index (χ0v) is 12.4. The van der Waals surface area contributed by atoms with Gasteiger partial charge in [-0.1, -0.05) is 25.1 Å². The van der Waals surface area contributed by atoms with Crippen LogP contribution >= 0.6 is 0 Å². The molecule has 19 heavy (non-hydrogen) atoms. The topological polar surface area (TPSA) is 44.7 Å². The van der Waals surface area contributed by atoms with Crippen molar-refractivity contribution < 1.29 is 9.84 Å². The summed E-state index contributed by atoms with van der Waals surface area (Å²) >= 11 is 0. The van der Waals surface area contributed by atoms with Gasteiger partial charge in [-0.2, -0.15) is 0 Å². The van der Waals surface area contributed by atoms with E-state index in [-0.39, 0.29) is 18.7 Å². The van der Waals surface area contributed by atoms with Gasteiger partial charge in [0, 0.05) is 24.2 Å². The molecule has 0 radical (unpaired) electrons. The Bertz CT molecular complexity index is 371. The number of ether oxygens (including phenoxy) is 1. The van der Waals surface area contributed by atoms with Gasteiger partial charge in [-0.25, -0.2) is 0 Å². The predicted octanol–water partition coefficient (Wildman–Crippen LogP) is 1.66. The maximum Gasteiger partial charge on any atom is 0.123 e. The van der Waals surface area contributed by atoms with E-state index in [4.69, 9.17) is 4.74 Å². The van der Waals surface area contributed by atoms with Crippen LogP contribution in [0.4, 0.5) is 0 Å². The quantitative estimate of drug-likeness (QED) is 0.751. The Morgan fingerprint density at radius 2 is 2.05 bits per heavy atom. The molecule has 0 amide bonds. The molecule has 0 spiro atoms. The lowest BCUT2D eigenvalue weighted by atomic mass is 10.1. The zero-order valence-electron chi connectivity index (χ0n) is 12.4. The number of aliphatic hydroxyl groups is 1. The van der Waals surface area contributed by atoms with Gasteiger partial charge in [-0.15, -0.1) is 0 Å². The second-order valence-electron chi connectivity index (χ2n) is 4.79. The summed E-state index contributed by atoms with van der Waals surface area (Å²) in [7, 11) is 3.76. The molecular formula is C15H26N2O2. The lowest BCUT2D eigenvalue weighted by Gasteiger charge is -2.29. The summed E-state index contributed by atoms with van der Waals surface area (Å²) in [6, 6.07) is 8.41. The highest BCUT2D eigenvalue weighted by Gasteiger charge is 2.18. The van der Waals surface area contributed by atoms with Crippen molar-refractivity contribution in [3.05, 3.63) is 29.8 Å². The number of likely N-dealkylation sites (N-methyl/N-ethyl adjacent to an activating group) is 2. The number of benzene rings is 1. The summed E-state index contributed by atoms with van der Waals surface area (Å²) in [6.45, 7) is 6.01. The van der Waals surface area contributed by atoms with Crippen molar-refractivity contribution in [3.63, 3.8) is 0 Å². The van der Waals surface area contributed by atoms with E-state index in [1.165, 1.54) is 5.56 Å². The predicted molar refractivity (Wildman–Crippen MR) is 78.6 cm³/mol. The first kappa shape index (κ1) is 16.0. The van der Waals surface area contributed by atoms with Gasteiger partial charge in [0.05, 0.1) is 13.7 Å². The van der Waals surface area contributed by atoms with E-state index in [0.717, 1.165) is 18.8 Å². The van der Waals surface area contributed by atoms with Crippen molar-refractivity contribution in [2.24, 2.45) is 0 Å². The van der Waals surface area contributed by atoms with Crippen LogP contribution in [-0.4, -0.2) is 49.9 Å². The molecule has 0 heterocycles. The van der Waals surface area contributed by atoms with E-state index in [2.05, 4.69) is 30.3 Å². The molecule has 4 nitrogen and oxygen atoms in total. The monoisotopic (exact) mass is 266 g/mol. The van der Waals surface area contributed by atoms with Crippen LogP contribution in [0.5, 0.6) is 5.75 Å². The lowest BCUT2D eigenvalue weighted by Crippen LogP contribution is -2.42. The van der Waals surface area contributed by atoms with Crippen LogP contribution in [0.3, 0.4) is 0 Å². The van der Waals surface area contributed by atoms with Gasteiger partial charge in [-0.3, -0.25) is 4.90 Å². The van der Waals surface area contributed by atoms with Gasteiger partial charge in [0.15, 0.2) is 0 Å². The fraction of sp³-hybridized carbons (Fsp3) is 0.600. The summed E-state index contributed by atoms with van der Waals surface area (Å²) in [5.74, 6) is 0.908. The van der Waals surface area contributed by atoms with Gasteiger partial charge in [0.2, 0.25) is 0 Å². The third-order valence-electron chi connectivity index (χ3n) is 3.47.